The summed E-state index contributed by atoms with van der Waals surface area (Å²) in [6.45, 7) is 4.77. The molecule has 2 N–H and O–H groups in total. The fraction of sp³-hybridized carbons (Fsp3) is 0.538. The summed E-state index contributed by atoms with van der Waals surface area (Å²) in [5, 5.41) is 11.2. The SMILES string of the molecule is Cc1cc([N+](=O)[O-])c(N2CCCC[C@H]2C)cc1N. The number of aryl methyl sites for hydroxylation is 1. The van der Waals surface area contributed by atoms with E-state index in [1.807, 2.05) is 0 Å². The Morgan fingerprint density at radius 1 is 1.44 bits per heavy atom. The molecule has 0 aliphatic carbocycles. The second-order valence-electron chi connectivity index (χ2n) is 4.99. The van der Waals surface area contributed by atoms with Gasteiger partial charge in [0.05, 0.1) is 4.92 Å². The first-order valence-electron chi connectivity index (χ1n) is 6.32. The van der Waals surface area contributed by atoms with Crippen LogP contribution in [0.2, 0.25) is 0 Å². The van der Waals surface area contributed by atoms with Gasteiger partial charge in [-0.1, -0.05) is 0 Å². The molecule has 1 fully saturated rings. The monoisotopic (exact) mass is 249 g/mol. The number of piperidine rings is 1. The second kappa shape index (κ2) is 4.84. The number of rotatable bonds is 2. The fourth-order valence-corrected chi connectivity index (χ4v) is 2.53. The Balaban J connectivity index is 2.47. The molecule has 2 rings (SSSR count). The van der Waals surface area contributed by atoms with Crippen LogP contribution in [0.15, 0.2) is 12.1 Å². The number of hydrogen-bond acceptors (Lipinski definition) is 4. The molecular weight excluding hydrogens is 230 g/mol. The Kier molecular flexibility index (Phi) is 3.41. The molecule has 0 unspecified atom stereocenters. The Morgan fingerprint density at radius 3 is 2.78 bits per heavy atom. The van der Waals surface area contributed by atoms with Crippen molar-refractivity contribution in [3.05, 3.63) is 27.8 Å². The van der Waals surface area contributed by atoms with Gasteiger partial charge < -0.3 is 10.6 Å². The van der Waals surface area contributed by atoms with Crippen molar-refractivity contribution in [2.24, 2.45) is 0 Å². The van der Waals surface area contributed by atoms with Crippen LogP contribution in [-0.2, 0) is 0 Å². The highest BCUT2D eigenvalue weighted by molar-refractivity contribution is 5.71. The quantitative estimate of drug-likeness (QED) is 0.497. The molecule has 18 heavy (non-hydrogen) atoms. The van der Waals surface area contributed by atoms with Crippen LogP contribution in [0.5, 0.6) is 0 Å². The van der Waals surface area contributed by atoms with Gasteiger partial charge in [-0.2, -0.15) is 0 Å². The lowest BCUT2D eigenvalue weighted by Crippen LogP contribution is -2.37. The van der Waals surface area contributed by atoms with Crippen LogP contribution in [0.25, 0.3) is 0 Å². The lowest BCUT2D eigenvalue weighted by molar-refractivity contribution is -0.384. The lowest BCUT2D eigenvalue weighted by Gasteiger charge is -2.35. The van der Waals surface area contributed by atoms with Crippen molar-refractivity contribution in [1.29, 1.82) is 0 Å². The zero-order valence-electron chi connectivity index (χ0n) is 10.8. The van der Waals surface area contributed by atoms with E-state index >= 15 is 0 Å². The molecule has 5 nitrogen and oxygen atoms in total. The predicted octanol–water partition coefficient (Wildman–Crippen LogP) is 2.86. The average Bonchev–Trinajstić information content (AvgIpc) is 2.32. The minimum absolute atomic E-state index is 0.162. The largest absolute Gasteiger partial charge is 0.398 e. The van der Waals surface area contributed by atoms with Crippen LogP contribution < -0.4 is 10.6 Å². The van der Waals surface area contributed by atoms with Gasteiger partial charge >= 0.3 is 0 Å². The summed E-state index contributed by atoms with van der Waals surface area (Å²) in [7, 11) is 0. The van der Waals surface area contributed by atoms with Crippen molar-refractivity contribution in [3.63, 3.8) is 0 Å². The number of nitrogen functional groups attached to an aromatic ring is 1. The average molecular weight is 249 g/mol. The topological polar surface area (TPSA) is 72.4 Å². The van der Waals surface area contributed by atoms with Gasteiger partial charge in [-0.15, -0.1) is 0 Å². The minimum Gasteiger partial charge on any atom is -0.398 e. The first-order valence-corrected chi connectivity index (χ1v) is 6.32. The number of nitrogens with zero attached hydrogens (tertiary/aromatic N) is 2. The van der Waals surface area contributed by atoms with Crippen molar-refractivity contribution in [3.8, 4) is 0 Å². The Morgan fingerprint density at radius 2 is 2.17 bits per heavy atom. The summed E-state index contributed by atoms with van der Waals surface area (Å²) in [6.07, 6.45) is 3.34. The van der Waals surface area contributed by atoms with E-state index < -0.39 is 0 Å². The molecule has 1 aromatic carbocycles. The van der Waals surface area contributed by atoms with Gasteiger partial charge in [-0.3, -0.25) is 10.1 Å². The number of nitro benzene ring substituents is 1. The number of nitro groups is 1. The molecule has 1 saturated heterocycles. The molecule has 1 aliphatic rings. The standard InChI is InChI=1S/C13H19N3O2/c1-9-7-13(16(17)18)12(8-11(9)14)15-6-4-3-5-10(15)2/h7-8,10H,3-6,14H2,1-2H3/t10-/m1/s1. The molecule has 0 saturated carbocycles. The van der Waals surface area contributed by atoms with Crippen LogP contribution in [-0.4, -0.2) is 17.5 Å². The van der Waals surface area contributed by atoms with Gasteiger partial charge in [0.15, 0.2) is 0 Å². The van der Waals surface area contributed by atoms with Gasteiger partial charge in [0.25, 0.3) is 5.69 Å². The minimum atomic E-state index is -0.316. The third kappa shape index (κ3) is 2.25. The summed E-state index contributed by atoms with van der Waals surface area (Å²) >= 11 is 0. The fourth-order valence-electron chi connectivity index (χ4n) is 2.53. The Hall–Kier alpha value is -1.78. The first kappa shape index (κ1) is 12.7. The van der Waals surface area contributed by atoms with Crippen LogP contribution in [0.3, 0.4) is 0 Å². The Labute approximate surface area is 107 Å². The van der Waals surface area contributed by atoms with E-state index in [-0.39, 0.29) is 10.6 Å². The highest BCUT2D eigenvalue weighted by Crippen LogP contribution is 2.35. The zero-order valence-corrected chi connectivity index (χ0v) is 10.8. The molecule has 0 spiro atoms. The smallest absolute Gasteiger partial charge is 0.292 e. The summed E-state index contributed by atoms with van der Waals surface area (Å²) in [6, 6.07) is 3.65. The maximum Gasteiger partial charge on any atom is 0.292 e. The molecule has 0 aromatic heterocycles. The van der Waals surface area contributed by atoms with Gasteiger partial charge in [0, 0.05) is 24.3 Å². The molecule has 1 atom stereocenters. The Bertz CT molecular complexity index is 474. The van der Waals surface area contributed by atoms with Gasteiger partial charge in [0.1, 0.15) is 5.69 Å². The molecule has 1 aliphatic heterocycles. The lowest BCUT2D eigenvalue weighted by atomic mass is 10.0. The third-order valence-electron chi connectivity index (χ3n) is 3.67. The van der Waals surface area contributed by atoms with Crippen LogP contribution in [0.1, 0.15) is 31.7 Å². The number of anilines is 2. The van der Waals surface area contributed by atoms with Crippen molar-refractivity contribution in [2.75, 3.05) is 17.2 Å². The zero-order chi connectivity index (χ0) is 13.3. The van der Waals surface area contributed by atoms with Gasteiger partial charge in [0.2, 0.25) is 0 Å². The van der Waals surface area contributed by atoms with Crippen molar-refractivity contribution in [2.45, 2.75) is 39.2 Å². The molecule has 0 bridgehead atoms. The highest BCUT2D eigenvalue weighted by Gasteiger charge is 2.26. The maximum atomic E-state index is 11.2. The summed E-state index contributed by atoms with van der Waals surface area (Å²) in [4.78, 5) is 13.0. The molecule has 0 amide bonds. The summed E-state index contributed by atoms with van der Waals surface area (Å²) in [5.41, 5.74) is 8.10. The molecule has 5 heteroatoms. The normalized spacial score (nSPS) is 19.9. The van der Waals surface area contributed by atoms with E-state index in [0.717, 1.165) is 24.9 Å². The van der Waals surface area contributed by atoms with E-state index in [1.54, 1.807) is 19.1 Å². The van der Waals surface area contributed by atoms with Crippen LogP contribution in [0.4, 0.5) is 17.1 Å². The van der Waals surface area contributed by atoms with Gasteiger partial charge in [-0.25, -0.2) is 0 Å². The number of benzene rings is 1. The summed E-state index contributed by atoms with van der Waals surface area (Å²) < 4.78 is 0. The van der Waals surface area contributed by atoms with Crippen LogP contribution in [0, 0.1) is 17.0 Å². The molecule has 0 radical (unpaired) electrons. The second-order valence-corrected chi connectivity index (χ2v) is 4.99. The maximum absolute atomic E-state index is 11.2. The molecular formula is C13H19N3O2. The van der Waals surface area contributed by atoms with Crippen molar-refractivity contribution in [1.82, 2.24) is 0 Å². The van der Waals surface area contributed by atoms with E-state index in [0.29, 0.717) is 17.4 Å². The molecule has 1 heterocycles. The van der Waals surface area contributed by atoms with Crippen molar-refractivity contribution >= 4 is 17.1 Å². The van der Waals surface area contributed by atoms with E-state index in [4.69, 9.17) is 5.73 Å². The molecule has 1 aromatic rings. The third-order valence-corrected chi connectivity index (χ3v) is 3.67. The number of hydrogen-bond donors (Lipinski definition) is 1. The van der Waals surface area contributed by atoms with E-state index in [2.05, 4.69) is 11.8 Å². The van der Waals surface area contributed by atoms with E-state index in [9.17, 15) is 10.1 Å². The molecule has 98 valence electrons. The number of nitrogens with two attached hydrogens (primary N) is 1. The highest BCUT2D eigenvalue weighted by atomic mass is 16.6. The predicted molar refractivity (Wildman–Crippen MR) is 72.9 cm³/mol. The summed E-state index contributed by atoms with van der Waals surface area (Å²) in [5.74, 6) is 0. The first-order chi connectivity index (χ1) is 8.50. The van der Waals surface area contributed by atoms with E-state index in [1.165, 1.54) is 6.42 Å². The van der Waals surface area contributed by atoms with Gasteiger partial charge in [-0.05, 0) is 44.7 Å². The van der Waals surface area contributed by atoms with Crippen LogP contribution >= 0.6 is 0 Å². The van der Waals surface area contributed by atoms with Crippen molar-refractivity contribution < 1.29 is 4.92 Å².